The number of benzene rings is 1. The molecule has 1 heterocycles. The minimum Gasteiger partial charge on any atom is -0.480 e. The Hall–Kier alpha value is -2.07. The Balaban J connectivity index is 2.03. The molecule has 0 aliphatic carbocycles. The number of carbonyl (C=O) groups is 1. The lowest BCUT2D eigenvalue weighted by atomic mass is 10.2. The fourth-order valence-corrected chi connectivity index (χ4v) is 1.67. The average molecular weight is 230 g/mol. The largest absolute Gasteiger partial charge is 0.480 e. The van der Waals surface area contributed by atoms with Gasteiger partial charge >= 0.3 is 5.97 Å². The summed E-state index contributed by atoms with van der Waals surface area (Å²) in [4.78, 5) is 14.0. The molecule has 0 spiro atoms. The van der Waals surface area contributed by atoms with E-state index in [1.54, 1.807) is 18.3 Å². The average Bonchev–Trinajstić information content (AvgIpc) is 2.84. The van der Waals surface area contributed by atoms with E-state index in [-0.39, 0.29) is 0 Å². The minimum atomic E-state index is -0.886. The number of rotatable bonds is 5. The number of hydrogen-bond acceptors (Lipinski definition) is 2. The van der Waals surface area contributed by atoms with Crippen LogP contribution in [0.1, 0.15) is 17.3 Å². The minimum absolute atomic E-state index is 0.525. The van der Waals surface area contributed by atoms with Crippen molar-refractivity contribution in [2.24, 2.45) is 0 Å². The summed E-state index contributed by atoms with van der Waals surface area (Å²) in [5.74, 6) is -0.886. The zero-order chi connectivity index (χ0) is 12.1. The van der Waals surface area contributed by atoms with E-state index < -0.39 is 12.0 Å². The molecule has 3 N–H and O–H groups in total. The summed E-state index contributed by atoms with van der Waals surface area (Å²) in [5.41, 5.74) is 1.72. The molecule has 0 amide bonds. The van der Waals surface area contributed by atoms with Crippen molar-refractivity contribution in [3.8, 4) is 0 Å². The molecule has 0 bridgehead atoms. The molecular weight excluding hydrogens is 216 g/mol. The van der Waals surface area contributed by atoms with Crippen LogP contribution in [0.25, 0.3) is 0 Å². The molecule has 0 saturated heterocycles. The topological polar surface area (TPSA) is 65.1 Å². The Kier molecular flexibility index (Phi) is 3.57. The van der Waals surface area contributed by atoms with Gasteiger partial charge in [0.25, 0.3) is 0 Å². The van der Waals surface area contributed by atoms with Crippen LogP contribution < -0.4 is 5.32 Å². The summed E-state index contributed by atoms with van der Waals surface area (Å²) in [7, 11) is 0. The van der Waals surface area contributed by atoms with E-state index >= 15 is 0 Å². The van der Waals surface area contributed by atoms with Gasteiger partial charge in [-0.15, -0.1) is 0 Å². The van der Waals surface area contributed by atoms with Crippen LogP contribution in [0.2, 0.25) is 0 Å². The van der Waals surface area contributed by atoms with Gasteiger partial charge in [-0.05, 0) is 17.7 Å². The second-order valence-corrected chi connectivity index (χ2v) is 3.76. The zero-order valence-corrected chi connectivity index (χ0v) is 9.26. The molecule has 4 nitrogen and oxygen atoms in total. The normalized spacial score (nSPS) is 12.2. The quantitative estimate of drug-likeness (QED) is 0.735. The number of aromatic nitrogens is 1. The smallest absolute Gasteiger partial charge is 0.326 e. The lowest BCUT2D eigenvalue weighted by Crippen LogP contribution is -2.28. The van der Waals surface area contributed by atoms with Crippen molar-refractivity contribution >= 4 is 5.97 Å². The first-order valence-electron chi connectivity index (χ1n) is 5.41. The molecule has 2 rings (SSSR count). The van der Waals surface area contributed by atoms with Gasteiger partial charge in [0.15, 0.2) is 0 Å². The third kappa shape index (κ3) is 2.95. The second kappa shape index (κ2) is 5.32. The van der Waals surface area contributed by atoms with Gasteiger partial charge in [-0.25, -0.2) is 0 Å². The van der Waals surface area contributed by atoms with Crippen LogP contribution in [0.15, 0.2) is 48.7 Å². The molecule has 88 valence electrons. The molecule has 1 aromatic heterocycles. The molecule has 1 aromatic carbocycles. The van der Waals surface area contributed by atoms with Crippen molar-refractivity contribution in [1.82, 2.24) is 10.3 Å². The number of aromatic amines is 1. The number of carboxylic acid groups (broad SMARTS) is 1. The van der Waals surface area contributed by atoms with Gasteiger partial charge in [-0.3, -0.25) is 10.1 Å². The van der Waals surface area contributed by atoms with Crippen molar-refractivity contribution in [1.29, 1.82) is 0 Å². The Bertz CT molecular complexity index is 465. The van der Waals surface area contributed by atoms with E-state index in [9.17, 15) is 4.79 Å². The van der Waals surface area contributed by atoms with Crippen LogP contribution in [-0.4, -0.2) is 16.1 Å². The van der Waals surface area contributed by atoms with Crippen molar-refractivity contribution in [3.05, 3.63) is 59.9 Å². The van der Waals surface area contributed by atoms with Crippen LogP contribution in [-0.2, 0) is 11.3 Å². The summed E-state index contributed by atoms with van der Waals surface area (Å²) in [5, 5.41) is 12.1. The maximum atomic E-state index is 11.1. The summed E-state index contributed by atoms with van der Waals surface area (Å²) < 4.78 is 0. The third-order valence-electron chi connectivity index (χ3n) is 2.53. The fourth-order valence-electron chi connectivity index (χ4n) is 1.67. The van der Waals surface area contributed by atoms with Crippen molar-refractivity contribution in [3.63, 3.8) is 0 Å². The van der Waals surface area contributed by atoms with Gasteiger partial charge in [0.05, 0.1) is 0 Å². The Morgan fingerprint density at radius 2 is 2.00 bits per heavy atom. The van der Waals surface area contributed by atoms with Crippen LogP contribution in [0.4, 0.5) is 0 Å². The number of H-pyrrole nitrogens is 1. The maximum absolute atomic E-state index is 11.1. The molecule has 17 heavy (non-hydrogen) atoms. The number of carboxylic acids is 1. The van der Waals surface area contributed by atoms with E-state index in [0.29, 0.717) is 12.2 Å². The third-order valence-corrected chi connectivity index (χ3v) is 2.53. The van der Waals surface area contributed by atoms with E-state index in [4.69, 9.17) is 5.11 Å². The molecule has 1 unspecified atom stereocenters. The monoisotopic (exact) mass is 230 g/mol. The van der Waals surface area contributed by atoms with E-state index in [0.717, 1.165) is 5.56 Å². The zero-order valence-electron chi connectivity index (χ0n) is 9.26. The Morgan fingerprint density at radius 3 is 2.59 bits per heavy atom. The molecular formula is C13H14N2O2. The maximum Gasteiger partial charge on any atom is 0.326 e. The van der Waals surface area contributed by atoms with E-state index in [1.807, 2.05) is 30.3 Å². The molecule has 0 aliphatic heterocycles. The summed E-state index contributed by atoms with van der Waals surface area (Å²) >= 11 is 0. The second-order valence-electron chi connectivity index (χ2n) is 3.76. The summed E-state index contributed by atoms with van der Waals surface area (Å²) in [6.07, 6.45) is 1.72. The van der Waals surface area contributed by atoms with Gasteiger partial charge < -0.3 is 10.1 Å². The summed E-state index contributed by atoms with van der Waals surface area (Å²) in [6.45, 7) is 0.525. The number of aliphatic carboxylic acids is 1. The molecule has 0 saturated carbocycles. The first kappa shape index (κ1) is 11.4. The Morgan fingerprint density at radius 1 is 1.24 bits per heavy atom. The highest BCUT2D eigenvalue weighted by atomic mass is 16.4. The van der Waals surface area contributed by atoms with E-state index in [2.05, 4.69) is 10.3 Å². The molecule has 2 aromatic rings. The summed E-state index contributed by atoms with van der Waals surface area (Å²) in [6, 6.07) is 12.6. The standard InChI is InChI=1S/C13H14N2O2/c16-13(17)12(11-7-4-8-14-11)15-9-10-5-2-1-3-6-10/h1-8,12,14-15H,9H2,(H,16,17). The van der Waals surface area contributed by atoms with Gasteiger partial charge in [-0.1, -0.05) is 30.3 Å². The van der Waals surface area contributed by atoms with Gasteiger partial charge in [-0.2, -0.15) is 0 Å². The van der Waals surface area contributed by atoms with Gasteiger partial charge in [0, 0.05) is 18.4 Å². The van der Waals surface area contributed by atoms with Crippen LogP contribution in [0.5, 0.6) is 0 Å². The van der Waals surface area contributed by atoms with Gasteiger partial charge in [0.2, 0.25) is 0 Å². The molecule has 0 aliphatic rings. The highest BCUT2D eigenvalue weighted by Crippen LogP contribution is 2.11. The lowest BCUT2D eigenvalue weighted by molar-refractivity contribution is -0.139. The van der Waals surface area contributed by atoms with Crippen LogP contribution >= 0.6 is 0 Å². The van der Waals surface area contributed by atoms with Crippen LogP contribution in [0, 0.1) is 0 Å². The van der Waals surface area contributed by atoms with Crippen molar-refractivity contribution < 1.29 is 9.90 Å². The van der Waals surface area contributed by atoms with Crippen molar-refractivity contribution in [2.75, 3.05) is 0 Å². The first-order valence-corrected chi connectivity index (χ1v) is 5.41. The highest BCUT2D eigenvalue weighted by Gasteiger charge is 2.19. The molecule has 0 radical (unpaired) electrons. The lowest BCUT2D eigenvalue weighted by Gasteiger charge is -2.13. The fraction of sp³-hybridized carbons (Fsp3) is 0.154. The first-order chi connectivity index (χ1) is 8.27. The van der Waals surface area contributed by atoms with Crippen LogP contribution in [0.3, 0.4) is 0 Å². The Labute approximate surface area is 99.3 Å². The predicted octanol–water partition coefficient (Wildman–Crippen LogP) is 1.93. The number of nitrogens with one attached hydrogen (secondary N) is 2. The molecule has 4 heteroatoms. The highest BCUT2D eigenvalue weighted by molar-refractivity contribution is 5.74. The predicted molar refractivity (Wildman–Crippen MR) is 64.5 cm³/mol. The molecule has 1 atom stereocenters. The SMILES string of the molecule is O=C(O)C(NCc1ccccc1)c1ccc[nH]1. The van der Waals surface area contributed by atoms with Crippen molar-refractivity contribution in [2.45, 2.75) is 12.6 Å². The van der Waals surface area contributed by atoms with E-state index in [1.165, 1.54) is 0 Å². The van der Waals surface area contributed by atoms with Gasteiger partial charge in [0.1, 0.15) is 6.04 Å². The molecule has 0 fully saturated rings. The number of hydrogen-bond donors (Lipinski definition) is 3.